The molecule has 3 aromatic rings. The van der Waals surface area contributed by atoms with Gasteiger partial charge in [0.2, 0.25) is 11.8 Å². The normalized spacial score (nSPS) is 11.8. The summed E-state index contributed by atoms with van der Waals surface area (Å²) in [6.45, 7) is 6.32. The van der Waals surface area contributed by atoms with Crippen LogP contribution in [0.3, 0.4) is 0 Å². The molecule has 1 N–H and O–H groups in total. The Labute approximate surface area is 221 Å². The van der Waals surface area contributed by atoms with E-state index in [0.29, 0.717) is 18.7 Å². The maximum Gasteiger partial charge on any atom is 0.243 e. The number of nitrogens with zero attached hydrogens (tertiary/aromatic N) is 1. The highest BCUT2D eigenvalue weighted by molar-refractivity contribution is 9.10. The van der Waals surface area contributed by atoms with Gasteiger partial charge in [0.25, 0.3) is 0 Å². The van der Waals surface area contributed by atoms with E-state index in [9.17, 15) is 9.59 Å². The Morgan fingerprint density at radius 3 is 2.14 bits per heavy atom. The predicted octanol–water partition coefficient (Wildman–Crippen LogP) is 6.16. The molecule has 184 valence electrons. The van der Waals surface area contributed by atoms with Crippen molar-refractivity contribution in [1.29, 1.82) is 0 Å². The van der Waals surface area contributed by atoms with Crippen LogP contribution in [0.5, 0.6) is 0 Å². The monoisotopic (exact) mass is 552 g/mol. The van der Waals surface area contributed by atoms with Gasteiger partial charge >= 0.3 is 0 Å². The number of nitrogens with one attached hydrogen (secondary N) is 1. The van der Waals surface area contributed by atoms with Crippen LogP contribution >= 0.6 is 27.7 Å². The van der Waals surface area contributed by atoms with Crippen molar-refractivity contribution in [1.82, 2.24) is 10.2 Å². The molecule has 0 saturated heterocycles. The molecule has 0 radical (unpaired) electrons. The summed E-state index contributed by atoms with van der Waals surface area (Å²) in [5.41, 5.74) is 4.42. The summed E-state index contributed by atoms with van der Waals surface area (Å²) in [5.74, 6) is 0.896. The number of aryl methyl sites for hydroxylation is 1. The van der Waals surface area contributed by atoms with Gasteiger partial charge in [-0.25, -0.2) is 0 Å². The second-order valence-corrected chi connectivity index (χ2v) is 10.9. The number of hydrogen-bond acceptors (Lipinski definition) is 3. The summed E-state index contributed by atoms with van der Waals surface area (Å²) in [6.07, 6.45) is 0.463. The minimum absolute atomic E-state index is 0.0127. The van der Waals surface area contributed by atoms with E-state index < -0.39 is 6.04 Å². The van der Waals surface area contributed by atoms with E-state index >= 15 is 0 Å². The van der Waals surface area contributed by atoms with Gasteiger partial charge in [-0.05, 0) is 49.6 Å². The first-order valence-electron chi connectivity index (χ1n) is 11.8. The first-order valence-corrected chi connectivity index (χ1v) is 13.8. The SMILES string of the molecule is Cc1ccc(CSCC(=O)N(Cc2ccc(Br)cc2)[C@@H](Cc2ccccc2)C(=O)NC(C)C)cc1. The first-order chi connectivity index (χ1) is 16.8. The van der Waals surface area contributed by atoms with Gasteiger partial charge in [-0.15, -0.1) is 11.8 Å². The van der Waals surface area contributed by atoms with Crippen LogP contribution in [-0.2, 0) is 28.3 Å². The van der Waals surface area contributed by atoms with Crippen molar-refractivity contribution >= 4 is 39.5 Å². The smallest absolute Gasteiger partial charge is 0.243 e. The Balaban J connectivity index is 1.83. The quantitative estimate of drug-likeness (QED) is 0.310. The predicted molar refractivity (Wildman–Crippen MR) is 149 cm³/mol. The number of amides is 2. The van der Waals surface area contributed by atoms with Crippen LogP contribution in [0.4, 0.5) is 0 Å². The molecule has 0 aliphatic heterocycles. The van der Waals surface area contributed by atoms with E-state index in [0.717, 1.165) is 21.4 Å². The van der Waals surface area contributed by atoms with E-state index in [2.05, 4.69) is 52.4 Å². The third-order valence-electron chi connectivity index (χ3n) is 5.58. The molecule has 4 nitrogen and oxygen atoms in total. The van der Waals surface area contributed by atoms with Gasteiger partial charge in [-0.1, -0.05) is 88.2 Å². The molecule has 0 unspecified atom stereocenters. The zero-order chi connectivity index (χ0) is 25.2. The van der Waals surface area contributed by atoms with Crippen molar-refractivity contribution in [2.24, 2.45) is 0 Å². The lowest BCUT2D eigenvalue weighted by Gasteiger charge is -2.32. The molecule has 35 heavy (non-hydrogen) atoms. The number of halogens is 1. The summed E-state index contributed by atoms with van der Waals surface area (Å²) in [5, 5.41) is 3.03. The van der Waals surface area contributed by atoms with Crippen molar-refractivity contribution in [3.63, 3.8) is 0 Å². The molecule has 1 atom stereocenters. The zero-order valence-corrected chi connectivity index (χ0v) is 22.9. The lowest BCUT2D eigenvalue weighted by atomic mass is 10.0. The molecule has 0 aromatic heterocycles. The van der Waals surface area contributed by atoms with Crippen molar-refractivity contribution in [3.8, 4) is 0 Å². The molecule has 0 aliphatic rings. The van der Waals surface area contributed by atoms with Gasteiger partial charge in [0, 0.05) is 29.2 Å². The maximum atomic E-state index is 13.6. The highest BCUT2D eigenvalue weighted by Crippen LogP contribution is 2.20. The highest BCUT2D eigenvalue weighted by atomic mass is 79.9. The average molecular weight is 554 g/mol. The fourth-order valence-corrected chi connectivity index (χ4v) is 4.88. The van der Waals surface area contributed by atoms with Crippen LogP contribution in [0, 0.1) is 6.92 Å². The minimum atomic E-state index is -0.601. The van der Waals surface area contributed by atoms with Crippen LogP contribution in [0.15, 0.2) is 83.3 Å². The van der Waals surface area contributed by atoms with E-state index in [1.807, 2.05) is 68.4 Å². The number of benzene rings is 3. The zero-order valence-electron chi connectivity index (χ0n) is 20.5. The molecule has 0 bridgehead atoms. The summed E-state index contributed by atoms with van der Waals surface area (Å²) in [6, 6.07) is 25.6. The average Bonchev–Trinajstić information content (AvgIpc) is 2.84. The van der Waals surface area contributed by atoms with Crippen LogP contribution in [0.25, 0.3) is 0 Å². The van der Waals surface area contributed by atoms with Gasteiger partial charge in [0.1, 0.15) is 6.04 Å². The van der Waals surface area contributed by atoms with Crippen LogP contribution in [-0.4, -0.2) is 34.6 Å². The molecule has 3 rings (SSSR count). The largest absolute Gasteiger partial charge is 0.352 e. The Hall–Kier alpha value is -2.57. The summed E-state index contributed by atoms with van der Waals surface area (Å²) in [7, 11) is 0. The summed E-state index contributed by atoms with van der Waals surface area (Å²) < 4.78 is 0.978. The van der Waals surface area contributed by atoms with E-state index in [1.165, 1.54) is 11.1 Å². The number of hydrogen-bond donors (Lipinski definition) is 1. The van der Waals surface area contributed by atoms with Gasteiger partial charge in [-0.3, -0.25) is 9.59 Å². The third-order valence-corrected chi connectivity index (χ3v) is 7.10. The Morgan fingerprint density at radius 2 is 1.51 bits per heavy atom. The van der Waals surface area contributed by atoms with Crippen molar-refractivity contribution < 1.29 is 9.59 Å². The van der Waals surface area contributed by atoms with Crippen LogP contribution < -0.4 is 5.32 Å². The lowest BCUT2D eigenvalue weighted by molar-refractivity contribution is -0.139. The van der Waals surface area contributed by atoms with E-state index in [4.69, 9.17) is 0 Å². The van der Waals surface area contributed by atoms with Gasteiger partial charge in [0.05, 0.1) is 5.75 Å². The number of carbonyl (C=O) groups excluding carboxylic acids is 2. The molecule has 0 spiro atoms. The van der Waals surface area contributed by atoms with Crippen molar-refractivity contribution in [2.45, 2.75) is 51.6 Å². The lowest BCUT2D eigenvalue weighted by Crippen LogP contribution is -2.52. The molecule has 0 fully saturated rings. The van der Waals surface area contributed by atoms with Gasteiger partial charge in [0.15, 0.2) is 0 Å². The highest BCUT2D eigenvalue weighted by Gasteiger charge is 2.30. The van der Waals surface area contributed by atoms with E-state index in [-0.39, 0.29) is 17.9 Å². The third kappa shape index (κ3) is 8.86. The summed E-state index contributed by atoms with van der Waals surface area (Å²) in [4.78, 5) is 28.7. The number of carbonyl (C=O) groups is 2. The Bertz CT molecular complexity index is 1090. The fourth-order valence-electron chi connectivity index (χ4n) is 3.74. The molecule has 0 heterocycles. The van der Waals surface area contributed by atoms with Crippen molar-refractivity contribution in [3.05, 3.63) is 106 Å². The standard InChI is InChI=1S/C29H33BrN2O2S/c1-21(2)31-29(34)27(17-23-7-5-4-6-8-23)32(18-24-13-15-26(30)16-14-24)28(33)20-35-19-25-11-9-22(3)10-12-25/h4-16,21,27H,17-20H2,1-3H3,(H,31,34)/t27-/m0/s1. The number of rotatable bonds is 11. The Morgan fingerprint density at radius 1 is 0.886 bits per heavy atom. The van der Waals surface area contributed by atoms with Crippen molar-refractivity contribution in [2.75, 3.05) is 5.75 Å². The molecule has 0 saturated carbocycles. The first kappa shape index (κ1) is 27.0. The topological polar surface area (TPSA) is 49.4 Å². The molecular formula is C29H33BrN2O2S. The van der Waals surface area contributed by atoms with E-state index in [1.54, 1.807) is 16.7 Å². The molecule has 6 heteroatoms. The van der Waals surface area contributed by atoms with Crippen LogP contribution in [0.1, 0.15) is 36.1 Å². The second-order valence-electron chi connectivity index (χ2n) is 9.00. The fraction of sp³-hybridized carbons (Fsp3) is 0.310. The minimum Gasteiger partial charge on any atom is -0.352 e. The maximum absolute atomic E-state index is 13.6. The van der Waals surface area contributed by atoms with Gasteiger partial charge < -0.3 is 10.2 Å². The van der Waals surface area contributed by atoms with Crippen LogP contribution in [0.2, 0.25) is 0 Å². The second kappa shape index (κ2) is 13.5. The molecule has 2 amide bonds. The van der Waals surface area contributed by atoms with Gasteiger partial charge in [-0.2, -0.15) is 0 Å². The molecular weight excluding hydrogens is 520 g/mol. The number of thioether (sulfide) groups is 1. The Kier molecular flexibility index (Phi) is 10.4. The molecule has 0 aliphatic carbocycles. The molecule has 3 aromatic carbocycles. The summed E-state index contributed by atoms with van der Waals surface area (Å²) >= 11 is 5.06.